The lowest BCUT2D eigenvalue weighted by molar-refractivity contribution is 0.768. The van der Waals surface area contributed by atoms with Crippen LogP contribution in [0.1, 0.15) is 22.3 Å². The molecular weight excluding hydrogens is 785 g/mol. The fourth-order valence-corrected chi connectivity index (χ4v) is 11.0. The second-order valence-corrected chi connectivity index (χ2v) is 17.3. The number of nitrogens with zero attached hydrogens (tertiary/aromatic N) is 2. The van der Waals surface area contributed by atoms with Crippen LogP contribution in [0, 0.1) is 0 Å². The van der Waals surface area contributed by atoms with Crippen molar-refractivity contribution in [3.63, 3.8) is 0 Å². The summed E-state index contributed by atoms with van der Waals surface area (Å²) in [5.41, 5.74) is 16.5. The largest absolute Gasteiger partial charge is 0.310 e. The Kier molecular flexibility index (Phi) is 8.47. The van der Waals surface area contributed by atoms with Gasteiger partial charge in [-0.05, 0) is 133 Å². The highest BCUT2D eigenvalue weighted by Gasteiger charge is 2.46. The van der Waals surface area contributed by atoms with E-state index in [9.17, 15) is 0 Å². The molecule has 0 N–H and O–H groups in total. The van der Waals surface area contributed by atoms with Crippen LogP contribution in [0.4, 0.5) is 17.1 Å². The molecule has 0 unspecified atom stereocenters. The molecule has 1 heterocycles. The van der Waals surface area contributed by atoms with Gasteiger partial charge in [-0.2, -0.15) is 0 Å². The lowest BCUT2D eigenvalue weighted by Crippen LogP contribution is -2.28. The van der Waals surface area contributed by atoms with Gasteiger partial charge in [0.2, 0.25) is 0 Å². The van der Waals surface area contributed by atoms with Gasteiger partial charge in [-0.15, -0.1) is 0 Å². The molecule has 1 aliphatic carbocycles. The predicted molar refractivity (Wildman–Crippen MR) is 273 cm³/mol. The SMILES string of the molecule is c1ccc(-n2c3ccccc3c3c(-c4ccc5cc(N(c6ccc7c(c6)C(c6ccccc6)(c6ccccc6)c6ccccc6-7)c6ccc7ccccc7c6)ccc5c4)cccc32)cc1. The van der Waals surface area contributed by atoms with E-state index in [0.29, 0.717) is 0 Å². The van der Waals surface area contributed by atoms with Crippen molar-refractivity contribution in [3.05, 3.63) is 277 Å². The smallest absolute Gasteiger partial charge is 0.0714 e. The molecule has 1 aliphatic rings. The van der Waals surface area contributed by atoms with Crippen LogP contribution in [0.2, 0.25) is 0 Å². The molecule has 0 spiro atoms. The molecule has 0 amide bonds. The molecule has 0 aliphatic heterocycles. The minimum absolute atomic E-state index is 0.504. The normalized spacial score (nSPS) is 12.7. The maximum Gasteiger partial charge on any atom is 0.0714 e. The summed E-state index contributed by atoms with van der Waals surface area (Å²) in [4.78, 5) is 2.45. The Bertz CT molecular complexity index is 3730. The van der Waals surface area contributed by atoms with Crippen molar-refractivity contribution in [1.29, 1.82) is 0 Å². The summed E-state index contributed by atoms with van der Waals surface area (Å²) >= 11 is 0. The van der Waals surface area contributed by atoms with Gasteiger partial charge in [-0.25, -0.2) is 0 Å². The lowest BCUT2D eigenvalue weighted by atomic mass is 9.67. The number of hydrogen-bond acceptors (Lipinski definition) is 1. The maximum absolute atomic E-state index is 2.46. The average Bonchev–Trinajstić information content (AvgIpc) is 3.88. The molecule has 0 saturated heterocycles. The van der Waals surface area contributed by atoms with E-state index in [-0.39, 0.29) is 0 Å². The van der Waals surface area contributed by atoms with Crippen molar-refractivity contribution in [1.82, 2.24) is 4.57 Å². The topological polar surface area (TPSA) is 8.17 Å². The van der Waals surface area contributed by atoms with Gasteiger partial charge in [0, 0.05) is 33.5 Å². The van der Waals surface area contributed by atoms with Gasteiger partial charge in [0.15, 0.2) is 0 Å². The first-order valence-electron chi connectivity index (χ1n) is 22.5. The molecule has 12 aromatic rings. The van der Waals surface area contributed by atoms with E-state index >= 15 is 0 Å². The standard InChI is InChI=1S/C63H42N2/c1-4-19-48(20-5-1)63(49-21-6-2-7-22-49)58-28-14-12-25-55(58)56-38-37-53(42-59(56)63)64(51-35-33-43-17-10-11-18-44(43)40-51)52-36-34-45-39-47(32-31-46(45)41-52)54-27-16-30-61-62(54)57-26-13-15-29-60(57)65(61)50-23-8-3-9-24-50/h1-42H. The van der Waals surface area contributed by atoms with Crippen LogP contribution >= 0.6 is 0 Å². The van der Waals surface area contributed by atoms with Crippen molar-refractivity contribution in [2.24, 2.45) is 0 Å². The van der Waals surface area contributed by atoms with Crippen LogP contribution in [0.3, 0.4) is 0 Å². The first kappa shape index (κ1) is 37.1. The maximum atomic E-state index is 2.46. The molecular formula is C63H42N2. The molecule has 304 valence electrons. The number of aromatic nitrogens is 1. The number of para-hydroxylation sites is 2. The van der Waals surface area contributed by atoms with Crippen molar-refractivity contribution in [3.8, 4) is 27.9 Å². The highest BCUT2D eigenvalue weighted by Crippen LogP contribution is 2.57. The van der Waals surface area contributed by atoms with E-state index in [1.54, 1.807) is 0 Å². The number of fused-ring (bicyclic) bond motifs is 8. The fraction of sp³-hybridized carbons (Fsp3) is 0.0159. The summed E-state index contributed by atoms with van der Waals surface area (Å²) in [6.45, 7) is 0. The van der Waals surface area contributed by atoms with Crippen LogP contribution in [0.25, 0.3) is 71.3 Å². The summed E-state index contributed by atoms with van der Waals surface area (Å²) in [7, 11) is 0. The van der Waals surface area contributed by atoms with Gasteiger partial charge in [-0.3, -0.25) is 0 Å². The molecule has 0 radical (unpaired) electrons. The molecule has 0 fully saturated rings. The second kappa shape index (κ2) is 14.8. The Labute approximate surface area is 378 Å². The van der Waals surface area contributed by atoms with Crippen molar-refractivity contribution >= 4 is 60.4 Å². The summed E-state index contributed by atoms with van der Waals surface area (Å²) < 4.78 is 2.39. The van der Waals surface area contributed by atoms with Crippen molar-refractivity contribution in [2.75, 3.05) is 4.90 Å². The molecule has 2 heteroatoms. The lowest BCUT2D eigenvalue weighted by Gasteiger charge is -2.35. The fourth-order valence-electron chi connectivity index (χ4n) is 11.0. The Morgan fingerprint density at radius 1 is 0.323 bits per heavy atom. The average molecular weight is 827 g/mol. The van der Waals surface area contributed by atoms with Crippen molar-refractivity contribution in [2.45, 2.75) is 5.41 Å². The molecule has 0 bridgehead atoms. The first-order valence-corrected chi connectivity index (χ1v) is 22.5. The molecule has 0 atom stereocenters. The summed E-state index contributed by atoms with van der Waals surface area (Å²) in [5, 5.41) is 7.34. The van der Waals surface area contributed by atoms with E-state index in [2.05, 4.69) is 264 Å². The molecule has 11 aromatic carbocycles. The molecule has 0 saturated carbocycles. The highest BCUT2D eigenvalue weighted by molar-refractivity contribution is 6.16. The van der Waals surface area contributed by atoms with E-state index in [0.717, 1.165) is 22.7 Å². The monoisotopic (exact) mass is 826 g/mol. The van der Waals surface area contributed by atoms with E-state index in [4.69, 9.17) is 0 Å². The van der Waals surface area contributed by atoms with Gasteiger partial charge in [0.25, 0.3) is 0 Å². The van der Waals surface area contributed by atoms with E-state index in [1.165, 1.54) is 87.9 Å². The van der Waals surface area contributed by atoms with E-state index < -0.39 is 5.41 Å². The first-order chi connectivity index (χ1) is 32.2. The zero-order valence-electron chi connectivity index (χ0n) is 35.6. The number of hydrogen-bond donors (Lipinski definition) is 0. The summed E-state index contributed by atoms with van der Waals surface area (Å²) in [6.07, 6.45) is 0. The zero-order chi connectivity index (χ0) is 42.9. The molecule has 65 heavy (non-hydrogen) atoms. The zero-order valence-corrected chi connectivity index (χ0v) is 35.6. The predicted octanol–water partition coefficient (Wildman–Crippen LogP) is 16.6. The Hall–Kier alpha value is -8.46. The molecule has 1 aromatic heterocycles. The number of benzene rings is 11. The van der Waals surface area contributed by atoms with Crippen molar-refractivity contribution < 1.29 is 0 Å². The minimum Gasteiger partial charge on any atom is -0.310 e. The quantitative estimate of drug-likeness (QED) is 0.155. The third kappa shape index (κ3) is 5.74. The summed E-state index contributed by atoms with van der Waals surface area (Å²) in [6, 6.07) is 93.9. The van der Waals surface area contributed by atoms with Crippen LogP contribution in [-0.4, -0.2) is 4.57 Å². The third-order valence-electron chi connectivity index (χ3n) is 13.8. The number of anilines is 3. The van der Waals surface area contributed by atoms with Crippen LogP contribution in [0.5, 0.6) is 0 Å². The Balaban J connectivity index is 0.992. The van der Waals surface area contributed by atoms with Gasteiger partial charge in [-0.1, -0.05) is 188 Å². The van der Waals surface area contributed by atoms with Gasteiger partial charge < -0.3 is 9.47 Å². The van der Waals surface area contributed by atoms with E-state index in [1.807, 2.05) is 0 Å². The third-order valence-corrected chi connectivity index (χ3v) is 13.8. The Morgan fingerprint density at radius 3 is 1.62 bits per heavy atom. The Morgan fingerprint density at radius 2 is 0.846 bits per heavy atom. The highest BCUT2D eigenvalue weighted by atomic mass is 15.1. The van der Waals surface area contributed by atoms with Crippen LogP contribution in [0.15, 0.2) is 255 Å². The molecule has 2 nitrogen and oxygen atoms in total. The van der Waals surface area contributed by atoms with Crippen LogP contribution in [-0.2, 0) is 5.41 Å². The number of rotatable bonds is 7. The van der Waals surface area contributed by atoms with Gasteiger partial charge >= 0.3 is 0 Å². The minimum atomic E-state index is -0.504. The second-order valence-electron chi connectivity index (χ2n) is 17.3. The van der Waals surface area contributed by atoms with Gasteiger partial charge in [0.1, 0.15) is 0 Å². The van der Waals surface area contributed by atoms with Crippen LogP contribution < -0.4 is 4.90 Å². The van der Waals surface area contributed by atoms with Gasteiger partial charge in [0.05, 0.1) is 16.4 Å². The molecule has 13 rings (SSSR count). The summed E-state index contributed by atoms with van der Waals surface area (Å²) in [5.74, 6) is 0.